The predicted octanol–water partition coefficient (Wildman–Crippen LogP) is 0.418. The Morgan fingerprint density at radius 3 is 2.81 bits per heavy atom. The molecular weight excluding hydrogens is 272 g/mol. The fraction of sp³-hybridized carbons (Fsp3) is 0.467. The molecule has 0 bridgehead atoms. The average Bonchev–Trinajstić information content (AvgIpc) is 2.78. The van der Waals surface area contributed by atoms with Crippen LogP contribution in [0, 0.1) is 5.92 Å². The van der Waals surface area contributed by atoms with Crippen LogP contribution in [0.5, 0.6) is 0 Å². The van der Waals surface area contributed by atoms with Crippen molar-refractivity contribution in [2.75, 3.05) is 13.1 Å². The van der Waals surface area contributed by atoms with Crippen LogP contribution < -0.4 is 5.32 Å². The van der Waals surface area contributed by atoms with E-state index in [4.69, 9.17) is 4.84 Å². The Kier molecular flexibility index (Phi) is 4.01. The summed E-state index contributed by atoms with van der Waals surface area (Å²) in [6.07, 6.45) is 7.88. The number of hydrogen-bond acceptors (Lipinski definition) is 5. The number of fused-ring (bicyclic) bond motifs is 1. The number of hydroxylamine groups is 2. The van der Waals surface area contributed by atoms with Crippen LogP contribution in [-0.2, 0) is 14.4 Å². The van der Waals surface area contributed by atoms with Gasteiger partial charge in [0.25, 0.3) is 11.8 Å². The van der Waals surface area contributed by atoms with Gasteiger partial charge in [-0.2, -0.15) is 5.06 Å². The molecule has 0 aromatic rings. The van der Waals surface area contributed by atoms with Gasteiger partial charge in [-0.1, -0.05) is 24.3 Å². The molecule has 0 saturated carbocycles. The Balaban J connectivity index is 1.69. The van der Waals surface area contributed by atoms with Gasteiger partial charge in [-0.3, -0.25) is 9.59 Å². The average molecular weight is 290 g/mol. The third-order valence-corrected chi connectivity index (χ3v) is 3.86. The highest BCUT2D eigenvalue weighted by Crippen LogP contribution is 2.36. The maximum Gasteiger partial charge on any atom is 0.254 e. The van der Waals surface area contributed by atoms with E-state index in [1.54, 1.807) is 0 Å². The van der Waals surface area contributed by atoms with E-state index in [1.165, 1.54) is 0 Å². The highest BCUT2D eigenvalue weighted by Gasteiger charge is 2.36. The summed E-state index contributed by atoms with van der Waals surface area (Å²) < 4.78 is 0. The molecule has 1 fully saturated rings. The molecule has 21 heavy (non-hydrogen) atoms. The Morgan fingerprint density at radius 2 is 2.05 bits per heavy atom. The maximum atomic E-state index is 11.5. The summed E-state index contributed by atoms with van der Waals surface area (Å²) in [4.78, 5) is 28.1. The first kappa shape index (κ1) is 14.2. The molecule has 2 aliphatic heterocycles. The zero-order valence-corrected chi connectivity index (χ0v) is 11.6. The first-order valence-corrected chi connectivity index (χ1v) is 7.15. The van der Waals surface area contributed by atoms with Crippen LogP contribution in [0.1, 0.15) is 19.3 Å². The van der Waals surface area contributed by atoms with E-state index in [0.717, 1.165) is 25.1 Å². The number of hydrogen-bond donors (Lipinski definition) is 2. The molecule has 1 aliphatic carbocycles. The van der Waals surface area contributed by atoms with Gasteiger partial charge in [0.05, 0.1) is 0 Å². The second kappa shape index (κ2) is 5.93. The summed E-state index contributed by atoms with van der Waals surface area (Å²) in [5.41, 5.74) is 1.66. The van der Waals surface area contributed by atoms with Crippen molar-refractivity contribution in [2.45, 2.75) is 25.6 Å². The van der Waals surface area contributed by atoms with Crippen molar-refractivity contribution in [2.24, 2.45) is 5.92 Å². The van der Waals surface area contributed by atoms with E-state index in [9.17, 15) is 14.7 Å². The van der Waals surface area contributed by atoms with Crippen LogP contribution in [0.3, 0.4) is 0 Å². The number of aliphatic hydroxyl groups excluding tert-OH is 1. The van der Waals surface area contributed by atoms with Crippen molar-refractivity contribution in [1.29, 1.82) is 0 Å². The number of aliphatic hydroxyl groups is 1. The lowest BCUT2D eigenvalue weighted by Gasteiger charge is -2.33. The fourth-order valence-corrected chi connectivity index (χ4v) is 2.71. The van der Waals surface area contributed by atoms with E-state index in [2.05, 4.69) is 17.5 Å². The molecule has 0 aromatic carbocycles. The SMILES string of the molecule is O=C1CCC(=O)N1OC(O)C1=CC2CNC/C=C/C/C=C/12. The molecule has 3 rings (SSSR count). The van der Waals surface area contributed by atoms with Gasteiger partial charge in [-0.25, -0.2) is 4.84 Å². The smallest absolute Gasteiger partial charge is 0.254 e. The predicted molar refractivity (Wildman–Crippen MR) is 74.5 cm³/mol. The van der Waals surface area contributed by atoms with Gasteiger partial charge in [0.15, 0.2) is 0 Å². The quantitative estimate of drug-likeness (QED) is 0.447. The molecule has 2 unspecified atom stereocenters. The molecule has 0 spiro atoms. The van der Waals surface area contributed by atoms with Gasteiger partial charge in [-0.15, -0.1) is 0 Å². The number of amides is 2. The molecule has 0 aromatic heterocycles. The minimum atomic E-state index is -1.27. The van der Waals surface area contributed by atoms with Crippen LogP contribution >= 0.6 is 0 Å². The second-order valence-corrected chi connectivity index (χ2v) is 5.29. The van der Waals surface area contributed by atoms with Crippen molar-refractivity contribution in [3.05, 3.63) is 35.5 Å². The van der Waals surface area contributed by atoms with Crippen LogP contribution in [-0.4, -0.2) is 41.4 Å². The Bertz CT molecular complexity index is 534. The van der Waals surface area contributed by atoms with Crippen molar-refractivity contribution in [1.82, 2.24) is 10.4 Å². The summed E-state index contributed by atoms with van der Waals surface area (Å²) >= 11 is 0. The van der Waals surface area contributed by atoms with Crippen molar-refractivity contribution in [3.8, 4) is 0 Å². The third kappa shape index (κ3) is 2.83. The lowest BCUT2D eigenvalue weighted by atomic mass is 9.79. The molecule has 3 aliphatic rings. The third-order valence-electron chi connectivity index (χ3n) is 3.86. The topological polar surface area (TPSA) is 78.9 Å². The largest absolute Gasteiger partial charge is 0.362 e. The van der Waals surface area contributed by atoms with Crippen molar-refractivity contribution >= 4 is 11.8 Å². The van der Waals surface area contributed by atoms with Gasteiger partial charge >= 0.3 is 0 Å². The molecule has 0 radical (unpaired) electrons. The molecule has 6 heteroatoms. The number of carbonyl (C=O) groups excluding carboxylic acids is 2. The Morgan fingerprint density at radius 1 is 1.29 bits per heavy atom. The lowest BCUT2D eigenvalue weighted by molar-refractivity contribution is -0.233. The number of carbonyl (C=O) groups is 2. The monoisotopic (exact) mass is 290 g/mol. The highest BCUT2D eigenvalue weighted by molar-refractivity contribution is 6.00. The molecule has 112 valence electrons. The van der Waals surface area contributed by atoms with Crippen LogP contribution in [0.4, 0.5) is 0 Å². The highest BCUT2D eigenvalue weighted by atomic mass is 16.8. The number of imide groups is 1. The normalized spacial score (nSPS) is 31.1. The van der Waals surface area contributed by atoms with Gasteiger partial charge in [0.2, 0.25) is 6.29 Å². The molecule has 2 N–H and O–H groups in total. The summed E-state index contributed by atoms with van der Waals surface area (Å²) in [5.74, 6) is -0.560. The minimum absolute atomic E-state index is 0.143. The summed E-state index contributed by atoms with van der Waals surface area (Å²) in [6.45, 7) is 1.63. The molecule has 2 amide bonds. The molecular formula is C15H18N2O4. The number of nitrogens with zero attached hydrogens (tertiary/aromatic N) is 1. The fourth-order valence-electron chi connectivity index (χ4n) is 2.71. The van der Waals surface area contributed by atoms with Crippen molar-refractivity contribution in [3.63, 3.8) is 0 Å². The maximum absolute atomic E-state index is 11.5. The minimum Gasteiger partial charge on any atom is -0.362 e. The Hall–Kier alpha value is -1.76. The first-order chi connectivity index (χ1) is 10.2. The van der Waals surface area contributed by atoms with E-state index in [1.807, 2.05) is 12.2 Å². The van der Waals surface area contributed by atoms with Gasteiger partial charge < -0.3 is 10.4 Å². The molecule has 1 saturated heterocycles. The first-order valence-electron chi connectivity index (χ1n) is 7.15. The van der Waals surface area contributed by atoms with E-state index >= 15 is 0 Å². The lowest BCUT2D eigenvalue weighted by Crippen LogP contribution is -2.38. The zero-order chi connectivity index (χ0) is 14.8. The number of allylic oxidation sites excluding steroid dienone is 2. The number of nitrogens with one attached hydrogen (secondary N) is 1. The van der Waals surface area contributed by atoms with E-state index in [0.29, 0.717) is 10.6 Å². The van der Waals surface area contributed by atoms with Gasteiger partial charge in [-0.05, 0) is 12.0 Å². The molecule has 2 atom stereocenters. The second-order valence-electron chi connectivity index (χ2n) is 5.29. The van der Waals surface area contributed by atoms with Gasteiger partial charge in [0.1, 0.15) is 0 Å². The summed E-state index contributed by atoms with van der Waals surface area (Å²) in [6, 6.07) is 0. The van der Waals surface area contributed by atoms with E-state index < -0.39 is 18.1 Å². The van der Waals surface area contributed by atoms with Crippen molar-refractivity contribution < 1.29 is 19.5 Å². The van der Waals surface area contributed by atoms with E-state index in [-0.39, 0.29) is 18.8 Å². The summed E-state index contributed by atoms with van der Waals surface area (Å²) in [5, 5.41) is 14.1. The zero-order valence-electron chi connectivity index (χ0n) is 11.6. The molecule has 6 nitrogen and oxygen atoms in total. The van der Waals surface area contributed by atoms with Crippen LogP contribution in [0.15, 0.2) is 35.5 Å². The standard InChI is InChI=1S/C15H18N2O4/c18-13-5-6-14(19)17(13)21-15(20)12-8-10-9-16-7-3-1-2-4-11(10)12/h1,3-4,8,10,15-16,20H,2,5-7,9H2/b3-1+,11-4+. The summed E-state index contributed by atoms with van der Waals surface area (Å²) in [7, 11) is 0. The van der Waals surface area contributed by atoms with Gasteiger partial charge in [0, 0.05) is 37.4 Å². The van der Waals surface area contributed by atoms with Crippen LogP contribution in [0.25, 0.3) is 0 Å². The number of rotatable bonds is 3. The van der Waals surface area contributed by atoms with Crippen LogP contribution in [0.2, 0.25) is 0 Å². The Labute approximate surface area is 122 Å². The molecule has 2 heterocycles.